The van der Waals surface area contributed by atoms with Crippen LogP contribution in [0, 0.1) is 0 Å². The molecule has 4 rings (SSSR count). The molecule has 1 saturated heterocycles. The summed E-state index contributed by atoms with van der Waals surface area (Å²) in [5.41, 5.74) is 2.19. The molecule has 30 heavy (non-hydrogen) atoms. The Morgan fingerprint density at radius 3 is 2.30 bits per heavy atom. The third-order valence-electron chi connectivity index (χ3n) is 5.49. The van der Waals surface area contributed by atoms with Crippen LogP contribution in [0.5, 0.6) is 17.2 Å². The monoisotopic (exact) mass is 405 g/mol. The number of piperazine rings is 1. The first-order chi connectivity index (χ1) is 14.7. The summed E-state index contributed by atoms with van der Waals surface area (Å²) in [6, 6.07) is 18.6. The summed E-state index contributed by atoms with van der Waals surface area (Å²) >= 11 is 0. The molecule has 0 aromatic heterocycles. The van der Waals surface area contributed by atoms with Crippen LogP contribution in [-0.4, -0.2) is 61.6 Å². The molecule has 3 aromatic rings. The second-order valence-corrected chi connectivity index (χ2v) is 7.39. The van der Waals surface area contributed by atoms with E-state index in [0.29, 0.717) is 11.5 Å². The van der Waals surface area contributed by atoms with Crippen molar-refractivity contribution in [3.8, 4) is 17.2 Å². The van der Waals surface area contributed by atoms with Gasteiger partial charge in [-0.05, 0) is 28.5 Å². The number of fused-ring (bicyclic) bond motifs is 1. The Morgan fingerprint density at radius 1 is 0.933 bits per heavy atom. The summed E-state index contributed by atoms with van der Waals surface area (Å²) in [4.78, 5) is 2.47. The Labute approximate surface area is 176 Å². The van der Waals surface area contributed by atoms with Crippen molar-refractivity contribution in [2.24, 2.45) is 5.10 Å². The Balaban J connectivity index is 1.38. The van der Waals surface area contributed by atoms with Gasteiger partial charge in [0, 0.05) is 38.3 Å². The summed E-state index contributed by atoms with van der Waals surface area (Å²) in [6.45, 7) is 4.61. The fourth-order valence-electron chi connectivity index (χ4n) is 3.82. The molecule has 0 unspecified atom stereocenters. The highest BCUT2D eigenvalue weighted by Gasteiger charge is 2.16. The molecule has 0 bridgehead atoms. The van der Waals surface area contributed by atoms with Crippen LogP contribution in [0.15, 0.2) is 59.7 Å². The molecule has 1 aliphatic heterocycles. The Bertz CT molecular complexity index is 1010. The third kappa shape index (κ3) is 4.33. The molecule has 1 fully saturated rings. The standard InChI is InChI=1S/C24H27N3O3/c1-29-22-14-18(15-23(30-2)24(22)28)16-25-27-12-10-26(11-13-27)17-20-8-5-7-19-6-3-4-9-21(19)20/h3-9,14-16,28H,10-13,17H2,1-2H3/b25-16-. The summed E-state index contributed by atoms with van der Waals surface area (Å²) in [5, 5.41) is 19.3. The van der Waals surface area contributed by atoms with Crippen molar-refractivity contribution in [2.75, 3.05) is 40.4 Å². The smallest absolute Gasteiger partial charge is 0.200 e. The van der Waals surface area contributed by atoms with E-state index in [2.05, 4.69) is 57.5 Å². The third-order valence-corrected chi connectivity index (χ3v) is 5.49. The van der Waals surface area contributed by atoms with Crippen LogP contribution in [0.4, 0.5) is 0 Å². The van der Waals surface area contributed by atoms with E-state index >= 15 is 0 Å². The fourth-order valence-corrected chi connectivity index (χ4v) is 3.82. The average molecular weight is 405 g/mol. The molecule has 0 radical (unpaired) electrons. The number of rotatable bonds is 6. The number of methoxy groups -OCH3 is 2. The van der Waals surface area contributed by atoms with Crippen molar-refractivity contribution in [1.29, 1.82) is 0 Å². The van der Waals surface area contributed by atoms with Crippen molar-refractivity contribution in [3.05, 3.63) is 65.7 Å². The highest BCUT2D eigenvalue weighted by atomic mass is 16.5. The largest absolute Gasteiger partial charge is 0.502 e. The van der Waals surface area contributed by atoms with E-state index in [1.54, 1.807) is 18.3 Å². The summed E-state index contributed by atoms with van der Waals surface area (Å²) in [6.07, 6.45) is 1.78. The van der Waals surface area contributed by atoms with Crippen molar-refractivity contribution in [2.45, 2.75) is 6.54 Å². The molecular weight excluding hydrogens is 378 g/mol. The second kappa shape index (κ2) is 9.05. The SMILES string of the molecule is COc1cc(/C=N\N2CCN(Cc3cccc4ccccc34)CC2)cc(OC)c1O. The van der Waals surface area contributed by atoms with Crippen molar-refractivity contribution in [3.63, 3.8) is 0 Å². The van der Waals surface area contributed by atoms with E-state index in [4.69, 9.17) is 9.47 Å². The van der Waals surface area contributed by atoms with Gasteiger partial charge >= 0.3 is 0 Å². The quantitative estimate of drug-likeness (QED) is 0.634. The maximum atomic E-state index is 10.0. The molecule has 6 nitrogen and oxygen atoms in total. The molecule has 1 N–H and O–H groups in total. The number of hydrazone groups is 1. The van der Waals surface area contributed by atoms with Gasteiger partial charge in [-0.25, -0.2) is 0 Å². The van der Waals surface area contributed by atoms with E-state index in [0.717, 1.165) is 38.3 Å². The predicted molar refractivity (Wildman–Crippen MR) is 120 cm³/mol. The van der Waals surface area contributed by atoms with E-state index < -0.39 is 0 Å². The van der Waals surface area contributed by atoms with E-state index in [1.807, 2.05) is 0 Å². The zero-order chi connectivity index (χ0) is 20.9. The lowest BCUT2D eigenvalue weighted by Crippen LogP contribution is -2.43. The summed E-state index contributed by atoms with van der Waals surface area (Å²) < 4.78 is 10.4. The zero-order valence-corrected chi connectivity index (χ0v) is 17.4. The Hall–Kier alpha value is -3.25. The molecule has 0 saturated carbocycles. The topological polar surface area (TPSA) is 57.5 Å². The van der Waals surface area contributed by atoms with Gasteiger partial charge in [-0.2, -0.15) is 5.10 Å². The lowest BCUT2D eigenvalue weighted by Gasteiger charge is -2.33. The van der Waals surface area contributed by atoms with E-state index in [-0.39, 0.29) is 5.75 Å². The van der Waals surface area contributed by atoms with Gasteiger partial charge in [-0.15, -0.1) is 0 Å². The molecule has 156 valence electrons. The van der Waals surface area contributed by atoms with Gasteiger partial charge in [0.1, 0.15) is 0 Å². The van der Waals surface area contributed by atoms with Gasteiger partial charge < -0.3 is 14.6 Å². The highest BCUT2D eigenvalue weighted by Crippen LogP contribution is 2.36. The van der Waals surface area contributed by atoms with Crippen LogP contribution in [0.2, 0.25) is 0 Å². The molecule has 0 atom stereocenters. The van der Waals surface area contributed by atoms with Gasteiger partial charge in [0.25, 0.3) is 0 Å². The average Bonchev–Trinajstić information content (AvgIpc) is 2.79. The first kappa shape index (κ1) is 20.0. The lowest BCUT2D eigenvalue weighted by molar-refractivity contribution is 0.131. The highest BCUT2D eigenvalue weighted by molar-refractivity contribution is 5.85. The molecular formula is C24H27N3O3. The molecule has 1 heterocycles. The van der Waals surface area contributed by atoms with Crippen LogP contribution >= 0.6 is 0 Å². The molecule has 3 aromatic carbocycles. The maximum Gasteiger partial charge on any atom is 0.200 e. The van der Waals surface area contributed by atoms with Gasteiger partial charge in [0.2, 0.25) is 5.75 Å². The van der Waals surface area contributed by atoms with Crippen LogP contribution in [-0.2, 0) is 6.54 Å². The second-order valence-electron chi connectivity index (χ2n) is 7.39. The van der Waals surface area contributed by atoms with Crippen molar-refractivity contribution >= 4 is 17.0 Å². The van der Waals surface area contributed by atoms with Gasteiger partial charge in [0.15, 0.2) is 11.5 Å². The van der Waals surface area contributed by atoms with Crippen molar-refractivity contribution < 1.29 is 14.6 Å². The molecule has 0 spiro atoms. The number of phenolic OH excluding ortho intramolecular Hbond substituents is 1. The molecule has 1 aliphatic rings. The number of hydrogen-bond donors (Lipinski definition) is 1. The normalized spacial score (nSPS) is 15.1. The maximum absolute atomic E-state index is 10.0. The molecule has 0 amide bonds. The number of ether oxygens (including phenoxy) is 2. The first-order valence-electron chi connectivity index (χ1n) is 10.1. The minimum atomic E-state index is -0.000741. The fraction of sp³-hybridized carbons (Fsp3) is 0.292. The number of hydrogen-bond acceptors (Lipinski definition) is 6. The number of nitrogens with zero attached hydrogens (tertiary/aromatic N) is 3. The number of aromatic hydroxyl groups is 1. The van der Waals surface area contributed by atoms with Crippen LogP contribution in [0.25, 0.3) is 10.8 Å². The lowest BCUT2D eigenvalue weighted by atomic mass is 10.0. The van der Waals surface area contributed by atoms with Crippen LogP contribution in [0.1, 0.15) is 11.1 Å². The van der Waals surface area contributed by atoms with Crippen LogP contribution < -0.4 is 9.47 Å². The summed E-state index contributed by atoms with van der Waals surface area (Å²) in [7, 11) is 3.04. The Morgan fingerprint density at radius 2 is 1.60 bits per heavy atom. The van der Waals surface area contributed by atoms with E-state index in [1.165, 1.54) is 30.6 Å². The number of benzene rings is 3. The van der Waals surface area contributed by atoms with Crippen molar-refractivity contribution in [1.82, 2.24) is 9.91 Å². The Kier molecular flexibility index (Phi) is 6.05. The van der Waals surface area contributed by atoms with Gasteiger partial charge in [0.05, 0.1) is 20.4 Å². The van der Waals surface area contributed by atoms with Gasteiger partial charge in [-0.1, -0.05) is 42.5 Å². The van der Waals surface area contributed by atoms with E-state index in [9.17, 15) is 5.11 Å². The molecule has 6 heteroatoms. The minimum absolute atomic E-state index is 0.000741. The number of phenols is 1. The predicted octanol–water partition coefficient (Wildman–Crippen LogP) is 3.71. The minimum Gasteiger partial charge on any atom is -0.502 e. The zero-order valence-electron chi connectivity index (χ0n) is 17.4. The van der Waals surface area contributed by atoms with Gasteiger partial charge in [-0.3, -0.25) is 9.91 Å². The van der Waals surface area contributed by atoms with Crippen LogP contribution in [0.3, 0.4) is 0 Å². The first-order valence-corrected chi connectivity index (χ1v) is 10.1. The molecule has 0 aliphatic carbocycles. The summed E-state index contributed by atoms with van der Waals surface area (Å²) in [5.74, 6) is 0.741.